The molecule has 0 bridgehead atoms. The molecular weight excluding hydrogens is 527 g/mol. The third kappa shape index (κ3) is 3.17. The van der Waals surface area contributed by atoms with Gasteiger partial charge in [-0.2, -0.15) is 0 Å². The van der Waals surface area contributed by atoms with E-state index in [2.05, 4.69) is 146 Å². The normalized spacial score (nSPS) is 16.9. The fourth-order valence-electron chi connectivity index (χ4n) is 7.69. The summed E-state index contributed by atoms with van der Waals surface area (Å²) in [6, 6.07) is 50.1. The molecule has 2 unspecified atom stereocenters. The van der Waals surface area contributed by atoms with Crippen molar-refractivity contribution in [3.05, 3.63) is 167 Å². The van der Waals surface area contributed by atoms with Gasteiger partial charge in [-0.3, -0.25) is 0 Å². The molecule has 200 valence electrons. The average Bonchev–Trinajstić information content (AvgIpc) is 3.68. The van der Waals surface area contributed by atoms with Crippen molar-refractivity contribution in [2.45, 2.75) is 24.9 Å². The third-order valence-corrected chi connectivity index (χ3v) is 10.8. The topological polar surface area (TPSA) is 12.0 Å². The highest BCUT2D eigenvalue weighted by Gasteiger charge is 2.52. The summed E-state index contributed by atoms with van der Waals surface area (Å²) < 4.78 is 2.76. The molecule has 0 saturated carbocycles. The number of thiophene rings is 1. The second kappa shape index (κ2) is 9.00. The molecule has 0 aliphatic heterocycles. The first-order valence-electron chi connectivity index (χ1n) is 14.8. The van der Waals surface area contributed by atoms with Crippen LogP contribution in [-0.4, -0.2) is 0 Å². The van der Waals surface area contributed by atoms with E-state index in [0.717, 1.165) is 6.54 Å². The molecule has 6 aromatic carbocycles. The highest BCUT2D eigenvalue weighted by Crippen LogP contribution is 2.64. The van der Waals surface area contributed by atoms with Crippen molar-refractivity contribution >= 4 is 31.5 Å². The van der Waals surface area contributed by atoms with Crippen LogP contribution < -0.4 is 5.32 Å². The van der Waals surface area contributed by atoms with Crippen LogP contribution in [0.1, 0.15) is 46.3 Å². The van der Waals surface area contributed by atoms with Crippen LogP contribution in [0.3, 0.4) is 0 Å². The lowest BCUT2D eigenvalue weighted by molar-refractivity contribution is 0.574. The Balaban J connectivity index is 1.28. The Kier molecular flexibility index (Phi) is 5.17. The highest BCUT2D eigenvalue weighted by atomic mass is 32.1. The number of benzene rings is 6. The van der Waals surface area contributed by atoms with Crippen LogP contribution in [-0.2, 0) is 12.0 Å². The van der Waals surface area contributed by atoms with Crippen molar-refractivity contribution in [3.63, 3.8) is 0 Å². The van der Waals surface area contributed by atoms with E-state index in [1.165, 1.54) is 75.8 Å². The summed E-state index contributed by atoms with van der Waals surface area (Å²) in [6.45, 7) is 3.07. The Morgan fingerprint density at radius 3 is 2.14 bits per heavy atom. The summed E-state index contributed by atoms with van der Waals surface area (Å²) in [5, 5.41) is 6.50. The minimum atomic E-state index is -0.330. The number of hydrogen-bond acceptors (Lipinski definition) is 2. The van der Waals surface area contributed by atoms with Gasteiger partial charge in [0.15, 0.2) is 0 Å². The molecule has 42 heavy (non-hydrogen) atoms. The smallest absolute Gasteiger partial charge is 0.0726 e. The fraction of sp³-hybridized carbons (Fsp3) is 0.100. The molecule has 1 N–H and O–H groups in total. The zero-order chi connectivity index (χ0) is 27.8. The van der Waals surface area contributed by atoms with Crippen LogP contribution in [0.15, 0.2) is 133 Å². The molecule has 1 nitrogen and oxygen atoms in total. The lowest BCUT2D eigenvalue weighted by atomic mass is 9.70. The highest BCUT2D eigenvalue weighted by molar-refractivity contribution is 7.26. The van der Waals surface area contributed by atoms with Gasteiger partial charge < -0.3 is 5.32 Å². The van der Waals surface area contributed by atoms with Gasteiger partial charge in [-0.15, -0.1) is 11.3 Å². The molecule has 2 aliphatic carbocycles. The van der Waals surface area contributed by atoms with Gasteiger partial charge in [-0.05, 0) is 63.1 Å². The van der Waals surface area contributed by atoms with Crippen molar-refractivity contribution in [2.24, 2.45) is 0 Å². The molecule has 7 aromatic rings. The van der Waals surface area contributed by atoms with E-state index >= 15 is 0 Å². The molecule has 0 saturated heterocycles. The molecule has 2 atom stereocenters. The second-order valence-corrected chi connectivity index (χ2v) is 12.7. The average molecular weight is 556 g/mol. The Morgan fingerprint density at radius 1 is 0.595 bits per heavy atom. The SMILES string of the molecule is CC(NCc1ccc2c(c1)C1(c3ccccc3-2)c2ccccc2-c2c1ccc1c2sc2ccccc21)c1ccccc1. The fourth-order valence-corrected chi connectivity index (χ4v) is 8.95. The number of fused-ring (bicyclic) bond motifs is 14. The van der Waals surface area contributed by atoms with Gasteiger partial charge >= 0.3 is 0 Å². The molecular formula is C40H29NS. The van der Waals surface area contributed by atoms with Crippen LogP contribution in [0.5, 0.6) is 0 Å². The lowest BCUT2D eigenvalue weighted by Gasteiger charge is -2.30. The monoisotopic (exact) mass is 555 g/mol. The minimum Gasteiger partial charge on any atom is -0.306 e. The molecule has 0 amide bonds. The molecule has 1 heterocycles. The largest absolute Gasteiger partial charge is 0.306 e. The first kappa shape index (κ1) is 24.1. The van der Waals surface area contributed by atoms with Gasteiger partial charge in [0.1, 0.15) is 0 Å². The van der Waals surface area contributed by atoms with Gasteiger partial charge in [-0.25, -0.2) is 0 Å². The van der Waals surface area contributed by atoms with E-state index < -0.39 is 0 Å². The summed E-state index contributed by atoms with van der Waals surface area (Å²) in [5.74, 6) is 0. The van der Waals surface area contributed by atoms with Crippen LogP contribution >= 0.6 is 11.3 Å². The zero-order valence-electron chi connectivity index (χ0n) is 23.4. The number of nitrogens with one attached hydrogen (secondary N) is 1. The summed E-state index contributed by atoms with van der Waals surface area (Å²) in [6.07, 6.45) is 0. The van der Waals surface area contributed by atoms with E-state index in [-0.39, 0.29) is 11.5 Å². The van der Waals surface area contributed by atoms with Gasteiger partial charge in [0.05, 0.1) is 5.41 Å². The van der Waals surface area contributed by atoms with E-state index in [4.69, 9.17) is 0 Å². The summed E-state index contributed by atoms with van der Waals surface area (Å²) in [7, 11) is 0. The van der Waals surface area contributed by atoms with Crippen molar-refractivity contribution in [3.8, 4) is 22.3 Å². The van der Waals surface area contributed by atoms with Gasteiger partial charge in [0.25, 0.3) is 0 Å². The maximum absolute atomic E-state index is 3.79. The quantitative estimate of drug-likeness (QED) is 0.228. The number of rotatable bonds is 4. The Bertz CT molecular complexity index is 2170. The second-order valence-electron chi connectivity index (χ2n) is 11.7. The standard InChI is InChI=1S/C40H29NS/c1-25(27-11-3-2-4-12-27)41-24-26-19-20-29-28-13-5-8-16-33(28)40(36(29)23-26)34-17-9-6-15-32(34)38-35(40)22-21-31-30-14-7-10-18-37(30)42-39(31)38/h2-23,25,41H,24H2,1H3. The maximum atomic E-state index is 3.79. The van der Waals surface area contributed by atoms with Crippen molar-refractivity contribution in [1.82, 2.24) is 5.32 Å². The molecule has 0 radical (unpaired) electrons. The summed E-state index contributed by atoms with van der Waals surface area (Å²) >= 11 is 1.94. The molecule has 2 heteroatoms. The first-order chi connectivity index (χ1) is 20.7. The van der Waals surface area contributed by atoms with Crippen molar-refractivity contribution < 1.29 is 0 Å². The molecule has 1 spiro atoms. The predicted octanol–water partition coefficient (Wildman–Crippen LogP) is 10.2. The van der Waals surface area contributed by atoms with Crippen molar-refractivity contribution in [1.29, 1.82) is 0 Å². The van der Waals surface area contributed by atoms with Gasteiger partial charge in [0.2, 0.25) is 0 Å². The van der Waals surface area contributed by atoms with Crippen LogP contribution in [0.25, 0.3) is 42.4 Å². The predicted molar refractivity (Wildman–Crippen MR) is 177 cm³/mol. The van der Waals surface area contributed by atoms with Crippen LogP contribution in [0.2, 0.25) is 0 Å². The molecule has 1 aromatic heterocycles. The van der Waals surface area contributed by atoms with E-state index in [0.29, 0.717) is 0 Å². The van der Waals surface area contributed by atoms with Gasteiger partial charge in [0, 0.05) is 38.3 Å². The maximum Gasteiger partial charge on any atom is 0.0726 e. The van der Waals surface area contributed by atoms with E-state index in [9.17, 15) is 0 Å². The number of hydrogen-bond donors (Lipinski definition) is 1. The minimum absolute atomic E-state index is 0.278. The zero-order valence-corrected chi connectivity index (χ0v) is 24.2. The summed E-state index contributed by atoms with van der Waals surface area (Å²) in [4.78, 5) is 0. The Morgan fingerprint density at radius 2 is 1.29 bits per heavy atom. The Labute approximate surface area is 250 Å². The van der Waals surface area contributed by atoms with E-state index in [1.807, 2.05) is 11.3 Å². The van der Waals surface area contributed by atoms with Crippen LogP contribution in [0.4, 0.5) is 0 Å². The Hall–Kier alpha value is -4.50. The lowest BCUT2D eigenvalue weighted by Crippen LogP contribution is -2.26. The van der Waals surface area contributed by atoms with Gasteiger partial charge in [-0.1, -0.05) is 127 Å². The molecule has 9 rings (SSSR count). The molecule has 2 aliphatic rings. The van der Waals surface area contributed by atoms with Crippen molar-refractivity contribution in [2.75, 3.05) is 0 Å². The molecule has 0 fully saturated rings. The summed E-state index contributed by atoms with van der Waals surface area (Å²) in [5.41, 5.74) is 13.4. The third-order valence-electron chi connectivity index (χ3n) is 9.57. The first-order valence-corrected chi connectivity index (χ1v) is 15.6. The van der Waals surface area contributed by atoms with Crippen LogP contribution in [0, 0.1) is 0 Å². The van der Waals surface area contributed by atoms with E-state index in [1.54, 1.807) is 0 Å².